The van der Waals surface area contributed by atoms with Gasteiger partial charge in [0.15, 0.2) is 0 Å². The molecule has 0 fully saturated rings. The van der Waals surface area contributed by atoms with Crippen LogP contribution in [-0.2, 0) is 11.2 Å². The van der Waals surface area contributed by atoms with Crippen molar-refractivity contribution in [2.45, 2.75) is 20.3 Å². The number of rotatable bonds is 5. The van der Waals surface area contributed by atoms with Crippen molar-refractivity contribution in [2.24, 2.45) is 5.41 Å². The fourth-order valence-corrected chi connectivity index (χ4v) is 1.36. The third-order valence-electron chi connectivity index (χ3n) is 2.64. The molecule has 1 amide bonds. The third-order valence-corrected chi connectivity index (χ3v) is 2.64. The molecule has 3 nitrogen and oxygen atoms in total. The molecule has 1 aromatic carbocycles. The van der Waals surface area contributed by atoms with E-state index >= 15 is 0 Å². The maximum Gasteiger partial charge on any atom is 0.224 e. The molecule has 0 aliphatic rings. The van der Waals surface area contributed by atoms with Gasteiger partial charge >= 0.3 is 0 Å². The Hall–Kier alpha value is -1.56. The molecule has 0 aromatic heterocycles. The van der Waals surface area contributed by atoms with Gasteiger partial charge in [0, 0.05) is 36.3 Å². The molecule has 0 bridgehead atoms. The Morgan fingerprint density at radius 1 is 1.26 bits per heavy atom. The summed E-state index contributed by atoms with van der Waals surface area (Å²) in [5, 5.41) is 11.5. The molecular weight excluding hydrogens is 259 g/mol. The number of hydrogen-bond acceptors (Lipinski definition) is 2. The summed E-state index contributed by atoms with van der Waals surface area (Å²) >= 11 is 0. The number of benzene rings is 1. The van der Waals surface area contributed by atoms with E-state index in [1.54, 1.807) is 13.8 Å². The lowest BCUT2D eigenvalue weighted by Gasteiger charge is -2.21. The van der Waals surface area contributed by atoms with E-state index < -0.39 is 40.8 Å². The van der Waals surface area contributed by atoms with Gasteiger partial charge in [-0.15, -0.1) is 0 Å². The third kappa shape index (κ3) is 4.55. The van der Waals surface area contributed by atoms with Crippen LogP contribution in [0.1, 0.15) is 19.4 Å². The van der Waals surface area contributed by atoms with Crippen LogP contribution >= 0.6 is 0 Å². The van der Waals surface area contributed by atoms with Crippen LogP contribution in [0.2, 0.25) is 0 Å². The van der Waals surface area contributed by atoms with Crippen LogP contribution in [0.15, 0.2) is 12.1 Å². The van der Waals surface area contributed by atoms with Crippen molar-refractivity contribution in [1.29, 1.82) is 0 Å². The zero-order chi connectivity index (χ0) is 14.6. The largest absolute Gasteiger partial charge is 0.396 e. The van der Waals surface area contributed by atoms with Gasteiger partial charge in [-0.05, 0) is 0 Å². The average molecular weight is 275 g/mol. The van der Waals surface area contributed by atoms with E-state index in [1.807, 2.05) is 0 Å². The Morgan fingerprint density at radius 2 is 1.79 bits per heavy atom. The molecule has 0 spiro atoms. The van der Waals surface area contributed by atoms with E-state index in [0.29, 0.717) is 12.1 Å². The minimum atomic E-state index is -1.09. The lowest BCUT2D eigenvalue weighted by Crippen LogP contribution is -2.37. The van der Waals surface area contributed by atoms with Gasteiger partial charge in [0.1, 0.15) is 17.5 Å². The fraction of sp³-hybridized carbons (Fsp3) is 0.462. The second kappa shape index (κ2) is 6.06. The maximum absolute atomic E-state index is 13.3. The Labute approximate surface area is 109 Å². The minimum absolute atomic E-state index is 0.132. The van der Waals surface area contributed by atoms with Crippen molar-refractivity contribution in [1.82, 2.24) is 5.32 Å². The number of nitrogens with one attached hydrogen (secondary N) is 1. The monoisotopic (exact) mass is 275 g/mol. The van der Waals surface area contributed by atoms with Crippen molar-refractivity contribution >= 4 is 5.91 Å². The molecule has 2 N–H and O–H groups in total. The molecule has 0 aliphatic carbocycles. The highest BCUT2D eigenvalue weighted by atomic mass is 19.1. The van der Waals surface area contributed by atoms with E-state index in [1.165, 1.54) is 0 Å². The molecule has 0 saturated carbocycles. The average Bonchev–Trinajstić information content (AvgIpc) is 2.31. The van der Waals surface area contributed by atoms with E-state index in [9.17, 15) is 18.0 Å². The lowest BCUT2D eigenvalue weighted by atomic mass is 9.95. The fourth-order valence-electron chi connectivity index (χ4n) is 1.36. The summed E-state index contributed by atoms with van der Waals surface area (Å²) in [4.78, 5) is 11.5. The van der Waals surface area contributed by atoms with E-state index in [-0.39, 0.29) is 13.2 Å². The molecular formula is C13H16F3NO2. The number of hydrogen-bond donors (Lipinski definition) is 2. The molecule has 0 atom stereocenters. The van der Waals surface area contributed by atoms with Gasteiger partial charge in [-0.25, -0.2) is 13.2 Å². The van der Waals surface area contributed by atoms with Crippen LogP contribution in [0, 0.1) is 22.9 Å². The van der Waals surface area contributed by atoms with Crippen LogP contribution in [-0.4, -0.2) is 24.2 Å². The first kappa shape index (κ1) is 15.5. The topological polar surface area (TPSA) is 49.3 Å². The summed E-state index contributed by atoms with van der Waals surface area (Å²) < 4.78 is 39.3. The van der Waals surface area contributed by atoms with Crippen LogP contribution in [0.25, 0.3) is 0 Å². The van der Waals surface area contributed by atoms with Gasteiger partial charge in [-0.1, -0.05) is 13.8 Å². The van der Waals surface area contributed by atoms with Gasteiger partial charge in [0.25, 0.3) is 0 Å². The first-order chi connectivity index (χ1) is 8.75. The second-order valence-corrected chi connectivity index (χ2v) is 5.12. The Morgan fingerprint density at radius 3 is 2.26 bits per heavy atom. The van der Waals surface area contributed by atoms with Crippen molar-refractivity contribution in [3.63, 3.8) is 0 Å². The molecule has 0 radical (unpaired) electrons. The molecule has 1 aromatic rings. The Kier molecular flexibility index (Phi) is 4.94. The van der Waals surface area contributed by atoms with Gasteiger partial charge in [0.2, 0.25) is 5.91 Å². The normalized spacial score (nSPS) is 11.5. The number of halogens is 3. The van der Waals surface area contributed by atoms with E-state index in [2.05, 4.69) is 5.32 Å². The first-order valence-corrected chi connectivity index (χ1v) is 5.76. The summed E-state index contributed by atoms with van der Waals surface area (Å²) in [5.41, 5.74) is -0.990. The number of aliphatic hydroxyl groups excluding tert-OH is 1. The van der Waals surface area contributed by atoms with E-state index in [4.69, 9.17) is 5.11 Å². The highest BCUT2D eigenvalue weighted by Gasteiger charge is 2.19. The van der Waals surface area contributed by atoms with Crippen LogP contribution in [0.3, 0.4) is 0 Å². The number of carbonyl (C=O) groups is 1. The molecule has 0 unspecified atom stereocenters. The van der Waals surface area contributed by atoms with Crippen molar-refractivity contribution in [3.05, 3.63) is 35.1 Å². The predicted octanol–water partition coefficient (Wildman–Crippen LogP) is 1.78. The van der Waals surface area contributed by atoms with E-state index in [0.717, 1.165) is 0 Å². The lowest BCUT2D eigenvalue weighted by molar-refractivity contribution is -0.121. The van der Waals surface area contributed by atoms with Gasteiger partial charge in [-0.2, -0.15) is 0 Å². The summed E-state index contributed by atoms with van der Waals surface area (Å²) in [7, 11) is 0. The molecule has 0 heterocycles. The highest BCUT2D eigenvalue weighted by Crippen LogP contribution is 2.16. The zero-order valence-corrected chi connectivity index (χ0v) is 10.8. The van der Waals surface area contributed by atoms with Crippen LogP contribution in [0.5, 0.6) is 0 Å². The molecule has 1 rings (SSSR count). The summed E-state index contributed by atoms with van der Waals surface area (Å²) in [6.45, 7) is 3.50. The van der Waals surface area contributed by atoms with Crippen LogP contribution in [0.4, 0.5) is 13.2 Å². The second-order valence-electron chi connectivity index (χ2n) is 5.12. The SMILES string of the molecule is CC(C)(CO)CNC(=O)Cc1c(F)cc(F)cc1F. The van der Waals surface area contributed by atoms with Gasteiger partial charge in [0.05, 0.1) is 6.42 Å². The summed E-state index contributed by atoms with van der Waals surface area (Å²) in [6, 6.07) is 1.06. The number of amides is 1. The molecule has 106 valence electrons. The first-order valence-electron chi connectivity index (χ1n) is 5.76. The molecule has 0 aliphatic heterocycles. The van der Waals surface area contributed by atoms with Crippen molar-refractivity contribution in [2.75, 3.05) is 13.2 Å². The summed E-state index contributed by atoms with van der Waals surface area (Å²) in [6.07, 6.45) is -0.514. The quantitative estimate of drug-likeness (QED) is 0.860. The summed E-state index contributed by atoms with van der Waals surface area (Å²) in [5.74, 6) is -3.80. The molecule has 19 heavy (non-hydrogen) atoms. The minimum Gasteiger partial charge on any atom is -0.396 e. The molecule has 6 heteroatoms. The number of aliphatic hydroxyl groups is 1. The van der Waals surface area contributed by atoms with Crippen molar-refractivity contribution in [3.8, 4) is 0 Å². The predicted molar refractivity (Wildman–Crippen MR) is 63.9 cm³/mol. The maximum atomic E-state index is 13.3. The van der Waals surface area contributed by atoms with Crippen LogP contribution < -0.4 is 5.32 Å². The Balaban J connectivity index is 2.68. The Bertz CT molecular complexity index is 452. The van der Waals surface area contributed by atoms with Crippen molar-refractivity contribution < 1.29 is 23.1 Å². The van der Waals surface area contributed by atoms with Gasteiger partial charge in [-0.3, -0.25) is 4.79 Å². The highest BCUT2D eigenvalue weighted by molar-refractivity contribution is 5.78. The zero-order valence-electron chi connectivity index (χ0n) is 10.8. The standard InChI is InChI=1S/C13H16F3NO2/c1-13(2,7-18)6-17-12(19)5-9-10(15)3-8(14)4-11(9)16/h3-4,18H,5-7H2,1-2H3,(H,17,19). The van der Waals surface area contributed by atoms with Gasteiger partial charge < -0.3 is 10.4 Å². The number of carbonyl (C=O) groups excluding carboxylic acids is 1. The molecule has 0 saturated heterocycles. The smallest absolute Gasteiger partial charge is 0.224 e.